The normalized spacial score (nSPS) is 14.9. The predicted octanol–water partition coefficient (Wildman–Crippen LogP) is 2.07. The van der Waals surface area contributed by atoms with Crippen molar-refractivity contribution in [3.63, 3.8) is 0 Å². The first-order chi connectivity index (χ1) is 7.60. The number of rotatable bonds is 5. The summed E-state index contributed by atoms with van der Waals surface area (Å²) in [6.07, 6.45) is 1.14. The van der Waals surface area contributed by atoms with Gasteiger partial charge in [-0.3, -0.25) is 0 Å². The summed E-state index contributed by atoms with van der Waals surface area (Å²) in [6, 6.07) is -0.358. The first-order valence-electron chi connectivity index (χ1n) is 5.90. The zero-order valence-electron chi connectivity index (χ0n) is 11.6. The van der Waals surface area contributed by atoms with E-state index in [1.165, 1.54) is 6.92 Å². The van der Waals surface area contributed by atoms with Gasteiger partial charge in [0.15, 0.2) is 0 Å². The number of amides is 2. The third kappa shape index (κ3) is 3.61. The van der Waals surface area contributed by atoms with E-state index in [1.54, 1.807) is 18.9 Å². The van der Waals surface area contributed by atoms with E-state index < -0.39 is 11.5 Å². The maximum absolute atomic E-state index is 12.0. The molecule has 0 saturated heterocycles. The number of carbonyl (C=O) groups excluding carboxylic acids is 1. The minimum atomic E-state index is -1.21. The fourth-order valence-corrected chi connectivity index (χ4v) is 1.13. The number of hydrogen-bond donors (Lipinski definition) is 2. The van der Waals surface area contributed by atoms with Gasteiger partial charge in [-0.25, -0.2) is 9.59 Å². The van der Waals surface area contributed by atoms with Gasteiger partial charge in [0.25, 0.3) is 0 Å². The third-order valence-corrected chi connectivity index (χ3v) is 3.64. The molecule has 0 heterocycles. The van der Waals surface area contributed by atoms with E-state index in [0.29, 0.717) is 6.42 Å². The average Bonchev–Trinajstić information content (AvgIpc) is 2.27. The second kappa shape index (κ2) is 5.38. The van der Waals surface area contributed by atoms with Crippen LogP contribution in [0.25, 0.3) is 0 Å². The number of hydrogen-bond acceptors (Lipinski definition) is 2. The topological polar surface area (TPSA) is 69.6 Å². The second-order valence-corrected chi connectivity index (χ2v) is 5.15. The molecule has 0 rings (SSSR count). The van der Waals surface area contributed by atoms with E-state index in [2.05, 4.69) is 5.32 Å². The molecule has 17 heavy (non-hydrogen) atoms. The Balaban J connectivity index is 4.81. The van der Waals surface area contributed by atoms with Crippen molar-refractivity contribution in [2.75, 3.05) is 7.05 Å². The molecule has 100 valence electrons. The van der Waals surface area contributed by atoms with Crippen molar-refractivity contribution >= 4 is 12.0 Å². The maximum Gasteiger partial charge on any atom is 0.329 e. The molecule has 2 amide bonds. The lowest BCUT2D eigenvalue weighted by atomic mass is 9.98. The lowest BCUT2D eigenvalue weighted by Crippen LogP contribution is -2.58. The summed E-state index contributed by atoms with van der Waals surface area (Å²) in [5.74, 6) is -1.02. The van der Waals surface area contributed by atoms with Gasteiger partial charge in [0.2, 0.25) is 0 Å². The van der Waals surface area contributed by atoms with Crippen LogP contribution in [0, 0.1) is 0 Å². The SMILES string of the molecule is CCC(C)(NC(=O)N(C)C(C)(C)CC)C(=O)O. The largest absolute Gasteiger partial charge is 0.480 e. The first kappa shape index (κ1) is 15.7. The minimum absolute atomic E-state index is 0.294. The zero-order chi connectivity index (χ0) is 13.9. The van der Waals surface area contributed by atoms with Crippen molar-refractivity contribution in [3.05, 3.63) is 0 Å². The number of carbonyl (C=O) groups is 2. The summed E-state index contributed by atoms with van der Waals surface area (Å²) in [5.41, 5.74) is -1.51. The summed E-state index contributed by atoms with van der Waals surface area (Å²) in [6.45, 7) is 9.12. The van der Waals surface area contributed by atoms with Gasteiger partial charge >= 0.3 is 12.0 Å². The smallest absolute Gasteiger partial charge is 0.329 e. The van der Waals surface area contributed by atoms with Crippen LogP contribution in [0.5, 0.6) is 0 Å². The third-order valence-electron chi connectivity index (χ3n) is 3.64. The van der Waals surface area contributed by atoms with Crippen LogP contribution in [0.3, 0.4) is 0 Å². The Morgan fingerprint density at radius 2 is 1.65 bits per heavy atom. The predicted molar refractivity (Wildman–Crippen MR) is 67.0 cm³/mol. The van der Waals surface area contributed by atoms with Crippen molar-refractivity contribution < 1.29 is 14.7 Å². The summed E-state index contributed by atoms with van der Waals surface area (Å²) >= 11 is 0. The fraction of sp³-hybridized carbons (Fsp3) is 0.833. The van der Waals surface area contributed by atoms with E-state index in [1.807, 2.05) is 20.8 Å². The van der Waals surface area contributed by atoms with Gasteiger partial charge < -0.3 is 15.3 Å². The lowest BCUT2D eigenvalue weighted by Gasteiger charge is -2.37. The quantitative estimate of drug-likeness (QED) is 0.777. The highest BCUT2D eigenvalue weighted by atomic mass is 16.4. The fourth-order valence-electron chi connectivity index (χ4n) is 1.13. The Hall–Kier alpha value is -1.26. The van der Waals surface area contributed by atoms with E-state index in [0.717, 1.165) is 6.42 Å². The van der Waals surface area contributed by atoms with Crippen molar-refractivity contribution in [2.45, 2.75) is 58.5 Å². The maximum atomic E-state index is 12.0. The molecule has 1 atom stereocenters. The molecule has 5 nitrogen and oxygen atoms in total. The minimum Gasteiger partial charge on any atom is -0.480 e. The van der Waals surface area contributed by atoms with Crippen LogP contribution in [-0.2, 0) is 4.79 Å². The van der Waals surface area contributed by atoms with E-state index in [4.69, 9.17) is 5.11 Å². The van der Waals surface area contributed by atoms with Crippen molar-refractivity contribution in [1.29, 1.82) is 0 Å². The van der Waals surface area contributed by atoms with Gasteiger partial charge in [-0.1, -0.05) is 13.8 Å². The first-order valence-corrected chi connectivity index (χ1v) is 5.90. The van der Waals surface area contributed by atoms with Gasteiger partial charge in [0.1, 0.15) is 5.54 Å². The molecule has 2 N–H and O–H groups in total. The molecule has 0 aliphatic heterocycles. The molecule has 0 bridgehead atoms. The number of urea groups is 1. The van der Waals surface area contributed by atoms with Crippen LogP contribution < -0.4 is 5.32 Å². The highest BCUT2D eigenvalue weighted by Gasteiger charge is 2.36. The molecule has 0 aromatic carbocycles. The lowest BCUT2D eigenvalue weighted by molar-refractivity contribution is -0.143. The van der Waals surface area contributed by atoms with Crippen molar-refractivity contribution in [1.82, 2.24) is 10.2 Å². The van der Waals surface area contributed by atoms with Gasteiger partial charge in [0, 0.05) is 12.6 Å². The van der Waals surface area contributed by atoms with Crippen LogP contribution in [-0.4, -0.2) is 40.1 Å². The number of aliphatic carboxylic acids is 1. The van der Waals surface area contributed by atoms with Crippen LogP contribution in [0.2, 0.25) is 0 Å². The van der Waals surface area contributed by atoms with E-state index in [9.17, 15) is 9.59 Å². The van der Waals surface area contributed by atoms with Gasteiger partial charge in [-0.2, -0.15) is 0 Å². The van der Waals surface area contributed by atoms with Crippen LogP contribution in [0.1, 0.15) is 47.5 Å². The molecular weight excluding hydrogens is 220 g/mol. The molecule has 0 aromatic rings. The number of nitrogens with zero attached hydrogens (tertiary/aromatic N) is 1. The van der Waals surface area contributed by atoms with Crippen LogP contribution in [0.15, 0.2) is 0 Å². The molecule has 0 radical (unpaired) electrons. The molecule has 5 heteroatoms. The molecule has 1 unspecified atom stereocenters. The van der Waals surface area contributed by atoms with Crippen LogP contribution >= 0.6 is 0 Å². The van der Waals surface area contributed by atoms with E-state index in [-0.39, 0.29) is 11.6 Å². The average molecular weight is 244 g/mol. The van der Waals surface area contributed by atoms with Crippen molar-refractivity contribution in [2.24, 2.45) is 0 Å². The van der Waals surface area contributed by atoms with Gasteiger partial charge in [-0.15, -0.1) is 0 Å². The Kier molecular flexibility index (Phi) is 4.98. The molecular formula is C12H24N2O3. The van der Waals surface area contributed by atoms with Gasteiger partial charge in [0.05, 0.1) is 0 Å². The molecule has 0 aliphatic rings. The Labute approximate surface area is 103 Å². The highest BCUT2D eigenvalue weighted by Crippen LogP contribution is 2.18. The summed E-state index contributed by atoms with van der Waals surface area (Å²) in [7, 11) is 1.68. The van der Waals surface area contributed by atoms with Crippen LogP contribution in [0.4, 0.5) is 4.79 Å². The van der Waals surface area contributed by atoms with Gasteiger partial charge in [-0.05, 0) is 33.6 Å². The monoisotopic (exact) mass is 244 g/mol. The molecule has 0 aliphatic carbocycles. The van der Waals surface area contributed by atoms with E-state index >= 15 is 0 Å². The summed E-state index contributed by atoms with van der Waals surface area (Å²) in [5, 5.41) is 11.7. The number of carboxylic acid groups (broad SMARTS) is 1. The molecule has 0 spiro atoms. The number of nitrogens with one attached hydrogen (secondary N) is 1. The standard InChI is InChI=1S/C12H24N2O3/c1-7-11(3,4)14(6)10(17)13-12(5,8-2)9(15)16/h7-8H2,1-6H3,(H,13,17)(H,15,16). The second-order valence-electron chi connectivity index (χ2n) is 5.15. The Bertz CT molecular complexity index is 302. The zero-order valence-corrected chi connectivity index (χ0v) is 11.6. The molecule has 0 saturated carbocycles. The molecule has 0 aromatic heterocycles. The van der Waals surface area contributed by atoms with Crippen molar-refractivity contribution in [3.8, 4) is 0 Å². The highest BCUT2D eigenvalue weighted by molar-refractivity contribution is 5.86. The molecule has 0 fully saturated rings. The number of carboxylic acids is 1. The summed E-state index contributed by atoms with van der Waals surface area (Å²) < 4.78 is 0. The Morgan fingerprint density at radius 1 is 1.18 bits per heavy atom. The summed E-state index contributed by atoms with van der Waals surface area (Å²) in [4.78, 5) is 24.6. The Morgan fingerprint density at radius 3 is 1.94 bits per heavy atom.